The van der Waals surface area contributed by atoms with E-state index >= 15 is 0 Å². The third-order valence-electron chi connectivity index (χ3n) is 2.74. The van der Waals surface area contributed by atoms with Crippen LogP contribution in [-0.2, 0) is 0 Å². The van der Waals surface area contributed by atoms with Crippen LogP contribution in [0.25, 0.3) is 0 Å². The van der Waals surface area contributed by atoms with Gasteiger partial charge >= 0.3 is 0 Å². The Morgan fingerprint density at radius 2 is 1.95 bits per heavy atom. The lowest BCUT2D eigenvalue weighted by molar-refractivity contribution is 0.408. The highest BCUT2D eigenvalue weighted by Crippen LogP contribution is 2.15. The summed E-state index contributed by atoms with van der Waals surface area (Å²) in [6, 6.07) is 2.03. The molecule has 0 aromatic carbocycles. The minimum Gasteiger partial charge on any atom is -0.370 e. The first-order chi connectivity index (χ1) is 9.02. The molecule has 108 valence electrons. The first-order valence-corrected chi connectivity index (χ1v) is 6.98. The molecular formula is C14H27N5. The van der Waals surface area contributed by atoms with Crippen LogP contribution in [0.3, 0.4) is 0 Å². The van der Waals surface area contributed by atoms with Crippen LogP contribution in [0.15, 0.2) is 12.4 Å². The maximum Gasteiger partial charge on any atom is 0.134 e. The molecule has 0 bridgehead atoms. The monoisotopic (exact) mass is 265 g/mol. The van der Waals surface area contributed by atoms with Gasteiger partial charge in [0.1, 0.15) is 18.0 Å². The second kappa shape index (κ2) is 7.94. The molecule has 0 unspecified atom stereocenters. The zero-order valence-electron chi connectivity index (χ0n) is 12.8. The van der Waals surface area contributed by atoms with Crippen LogP contribution in [0.2, 0.25) is 0 Å². The summed E-state index contributed by atoms with van der Waals surface area (Å²) >= 11 is 0. The van der Waals surface area contributed by atoms with Crippen LogP contribution in [0.5, 0.6) is 0 Å². The largest absolute Gasteiger partial charge is 0.370 e. The van der Waals surface area contributed by atoms with E-state index in [1.165, 1.54) is 0 Å². The molecule has 0 spiro atoms. The third-order valence-corrected chi connectivity index (χ3v) is 2.74. The van der Waals surface area contributed by atoms with Crippen molar-refractivity contribution in [2.75, 3.05) is 50.5 Å². The van der Waals surface area contributed by atoms with E-state index in [1.54, 1.807) is 6.33 Å². The lowest BCUT2D eigenvalue weighted by atomic mass is 10.2. The van der Waals surface area contributed by atoms with Crippen LogP contribution in [0.4, 0.5) is 11.6 Å². The Hall–Kier alpha value is -1.36. The number of rotatable bonds is 8. The fraction of sp³-hybridized carbons (Fsp3) is 0.714. The van der Waals surface area contributed by atoms with Crippen LogP contribution in [0.1, 0.15) is 20.8 Å². The summed E-state index contributed by atoms with van der Waals surface area (Å²) in [4.78, 5) is 13.2. The molecule has 0 fully saturated rings. The summed E-state index contributed by atoms with van der Waals surface area (Å²) in [5.74, 6) is 2.51. The molecular weight excluding hydrogens is 238 g/mol. The zero-order valence-corrected chi connectivity index (χ0v) is 12.8. The number of hydrogen-bond acceptors (Lipinski definition) is 5. The second-order valence-corrected chi connectivity index (χ2v) is 5.43. The van der Waals surface area contributed by atoms with E-state index in [2.05, 4.69) is 60.0 Å². The van der Waals surface area contributed by atoms with Gasteiger partial charge in [0.15, 0.2) is 0 Å². The Balaban J connectivity index is 2.79. The molecule has 0 amide bonds. The van der Waals surface area contributed by atoms with Gasteiger partial charge in [-0.1, -0.05) is 13.8 Å². The molecule has 0 saturated heterocycles. The van der Waals surface area contributed by atoms with Crippen molar-refractivity contribution in [2.24, 2.45) is 5.92 Å². The Labute approximate surface area is 117 Å². The Morgan fingerprint density at radius 3 is 2.53 bits per heavy atom. The van der Waals surface area contributed by atoms with E-state index in [1.807, 2.05) is 6.07 Å². The van der Waals surface area contributed by atoms with Crippen molar-refractivity contribution >= 4 is 11.6 Å². The predicted octanol–water partition coefficient (Wildman–Crippen LogP) is 1.93. The van der Waals surface area contributed by atoms with Crippen molar-refractivity contribution in [1.82, 2.24) is 14.9 Å². The summed E-state index contributed by atoms with van der Waals surface area (Å²) < 4.78 is 0. The highest BCUT2D eigenvalue weighted by atomic mass is 15.2. The van der Waals surface area contributed by atoms with Crippen molar-refractivity contribution in [3.8, 4) is 0 Å². The van der Waals surface area contributed by atoms with E-state index in [-0.39, 0.29) is 0 Å². The molecule has 1 heterocycles. The summed E-state index contributed by atoms with van der Waals surface area (Å²) in [5.41, 5.74) is 0. The molecule has 0 radical (unpaired) electrons. The van der Waals surface area contributed by atoms with Gasteiger partial charge in [-0.25, -0.2) is 9.97 Å². The average molecular weight is 265 g/mol. The maximum absolute atomic E-state index is 4.41. The van der Waals surface area contributed by atoms with Gasteiger partial charge in [0.2, 0.25) is 0 Å². The summed E-state index contributed by atoms with van der Waals surface area (Å²) in [6.07, 6.45) is 1.64. The molecule has 19 heavy (non-hydrogen) atoms. The molecule has 0 saturated carbocycles. The molecule has 0 atom stereocenters. The summed E-state index contributed by atoms with van der Waals surface area (Å²) in [7, 11) is 4.19. The summed E-state index contributed by atoms with van der Waals surface area (Å²) in [6.45, 7) is 10.4. The zero-order chi connectivity index (χ0) is 14.3. The van der Waals surface area contributed by atoms with E-state index < -0.39 is 0 Å². The van der Waals surface area contributed by atoms with Gasteiger partial charge in [-0.2, -0.15) is 0 Å². The van der Waals surface area contributed by atoms with Crippen molar-refractivity contribution < 1.29 is 0 Å². The fourth-order valence-corrected chi connectivity index (χ4v) is 1.86. The molecule has 1 aromatic rings. The molecule has 0 aliphatic heterocycles. The smallest absolute Gasteiger partial charge is 0.134 e. The third kappa shape index (κ3) is 5.87. The second-order valence-electron chi connectivity index (χ2n) is 5.43. The molecule has 1 aromatic heterocycles. The molecule has 5 nitrogen and oxygen atoms in total. The normalized spacial score (nSPS) is 11.1. The number of nitrogens with zero attached hydrogens (tertiary/aromatic N) is 4. The standard InChI is InChI=1S/C14H27N5/c1-6-15-13-9-14(17-11-16-13)19(10-12(2)3)8-7-18(4)5/h9,11-12H,6-8,10H2,1-5H3,(H,15,16,17). The van der Waals surface area contributed by atoms with Gasteiger partial charge < -0.3 is 15.1 Å². The van der Waals surface area contributed by atoms with Crippen molar-refractivity contribution in [1.29, 1.82) is 0 Å². The minimum atomic E-state index is 0.611. The molecule has 5 heteroatoms. The first-order valence-electron chi connectivity index (χ1n) is 6.98. The van der Waals surface area contributed by atoms with Crippen LogP contribution in [0, 0.1) is 5.92 Å². The Morgan fingerprint density at radius 1 is 1.21 bits per heavy atom. The van der Waals surface area contributed by atoms with Gasteiger partial charge in [-0.05, 0) is 26.9 Å². The SMILES string of the molecule is CCNc1cc(N(CCN(C)C)CC(C)C)ncn1. The summed E-state index contributed by atoms with van der Waals surface area (Å²) in [5, 5.41) is 3.23. The number of hydrogen-bond donors (Lipinski definition) is 1. The predicted molar refractivity (Wildman–Crippen MR) is 81.8 cm³/mol. The highest BCUT2D eigenvalue weighted by Gasteiger charge is 2.11. The molecule has 1 rings (SSSR count). The molecule has 1 N–H and O–H groups in total. The fourth-order valence-electron chi connectivity index (χ4n) is 1.86. The average Bonchev–Trinajstić information content (AvgIpc) is 2.34. The Kier molecular flexibility index (Phi) is 6.56. The van der Waals surface area contributed by atoms with Gasteiger partial charge in [-0.15, -0.1) is 0 Å². The van der Waals surface area contributed by atoms with Gasteiger partial charge in [-0.3, -0.25) is 0 Å². The van der Waals surface area contributed by atoms with E-state index in [0.717, 1.165) is 37.8 Å². The van der Waals surface area contributed by atoms with Crippen LogP contribution < -0.4 is 10.2 Å². The van der Waals surface area contributed by atoms with Crippen LogP contribution >= 0.6 is 0 Å². The van der Waals surface area contributed by atoms with E-state index in [9.17, 15) is 0 Å². The van der Waals surface area contributed by atoms with Gasteiger partial charge in [0, 0.05) is 32.2 Å². The van der Waals surface area contributed by atoms with E-state index in [0.29, 0.717) is 5.92 Å². The van der Waals surface area contributed by atoms with Crippen LogP contribution in [-0.4, -0.2) is 55.1 Å². The quantitative estimate of drug-likeness (QED) is 0.778. The van der Waals surface area contributed by atoms with Crippen molar-refractivity contribution in [2.45, 2.75) is 20.8 Å². The molecule has 0 aliphatic rings. The van der Waals surface area contributed by atoms with E-state index in [4.69, 9.17) is 0 Å². The lowest BCUT2D eigenvalue weighted by Gasteiger charge is -2.27. The van der Waals surface area contributed by atoms with Crippen molar-refractivity contribution in [3.63, 3.8) is 0 Å². The molecule has 0 aliphatic carbocycles. The van der Waals surface area contributed by atoms with Crippen molar-refractivity contribution in [3.05, 3.63) is 12.4 Å². The highest BCUT2D eigenvalue weighted by molar-refractivity contribution is 5.48. The minimum absolute atomic E-state index is 0.611. The van der Waals surface area contributed by atoms with Gasteiger partial charge in [0.05, 0.1) is 0 Å². The first kappa shape index (κ1) is 15.7. The number of aromatic nitrogens is 2. The van der Waals surface area contributed by atoms with Gasteiger partial charge in [0.25, 0.3) is 0 Å². The lowest BCUT2D eigenvalue weighted by Crippen LogP contribution is -2.35. The number of anilines is 2. The maximum atomic E-state index is 4.41. The Bertz CT molecular complexity index is 365. The number of nitrogens with one attached hydrogen (secondary N) is 1. The number of likely N-dealkylation sites (N-methyl/N-ethyl adjacent to an activating group) is 1. The topological polar surface area (TPSA) is 44.3 Å².